The molecule has 7 heteroatoms. The van der Waals surface area contributed by atoms with Crippen LogP contribution in [0, 0.1) is 5.82 Å². The zero-order valence-electron chi connectivity index (χ0n) is 11.9. The fraction of sp³-hybridized carbons (Fsp3) is 0.500. The Morgan fingerprint density at radius 1 is 1.24 bits per heavy atom. The zero-order chi connectivity index (χ0) is 15.5. The Kier molecular flexibility index (Phi) is 4.95. The molecule has 1 saturated carbocycles. The third kappa shape index (κ3) is 3.79. The summed E-state index contributed by atoms with van der Waals surface area (Å²) >= 11 is 0. The zero-order valence-corrected chi connectivity index (χ0v) is 12.7. The van der Waals surface area contributed by atoms with E-state index in [9.17, 15) is 17.6 Å². The molecule has 0 radical (unpaired) electrons. The lowest BCUT2D eigenvalue weighted by atomic mass is 9.95. The molecule has 21 heavy (non-hydrogen) atoms. The molecule has 0 atom stereocenters. The molecular formula is C14H19FN2O3S. The summed E-state index contributed by atoms with van der Waals surface area (Å²) in [6.07, 6.45) is 4.99. The topological polar surface area (TPSA) is 75.3 Å². The minimum Gasteiger partial charge on any atom is -0.349 e. The van der Waals surface area contributed by atoms with Crippen molar-refractivity contribution < 1.29 is 17.6 Å². The van der Waals surface area contributed by atoms with Crippen LogP contribution in [0.2, 0.25) is 0 Å². The highest BCUT2D eigenvalue weighted by atomic mass is 32.2. The van der Waals surface area contributed by atoms with Gasteiger partial charge in [0.25, 0.3) is 5.91 Å². The van der Waals surface area contributed by atoms with Gasteiger partial charge in [-0.1, -0.05) is 19.3 Å². The molecule has 0 unspecified atom stereocenters. The summed E-state index contributed by atoms with van der Waals surface area (Å²) in [6.45, 7) is 0. The van der Waals surface area contributed by atoms with E-state index in [1.54, 1.807) is 0 Å². The Bertz CT molecular complexity index is 625. The SMILES string of the molecule is CNS(=O)(=O)c1ccc(F)c(C(=O)NC2CCCCC2)c1. The molecule has 0 aromatic heterocycles. The number of nitrogens with one attached hydrogen (secondary N) is 2. The number of benzene rings is 1. The van der Waals surface area contributed by atoms with Crippen LogP contribution in [0.15, 0.2) is 23.1 Å². The van der Waals surface area contributed by atoms with Crippen LogP contribution in [0.1, 0.15) is 42.5 Å². The fourth-order valence-corrected chi connectivity index (χ4v) is 3.23. The smallest absolute Gasteiger partial charge is 0.254 e. The molecule has 116 valence electrons. The van der Waals surface area contributed by atoms with Crippen LogP contribution in [0.4, 0.5) is 4.39 Å². The Labute approximate surface area is 124 Å². The quantitative estimate of drug-likeness (QED) is 0.890. The summed E-state index contributed by atoms with van der Waals surface area (Å²) < 4.78 is 39.4. The van der Waals surface area contributed by atoms with E-state index in [1.165, 1.54) is 7.05 Å². The van der Waals surface area contributed by atoms with E-state index >= 15 is 0 Å². The van der Waals surface area contributed by atoms with Gasteiger partial charge in [0.05, 0.1) is 10.5 Å². The first-order valence-corrected chi connectivity index (χ1v) is 8.46. The predicted molar refractivity (Wildman–Crippen MR) is 77.0 cm³/mol. The number of rotatable bonds is 4. The van der Waals surface area contributed by atoms with E-state index in [0.717, 1.165) is 50.3 Å². The highest BCUT2D eigenvalue weighted by Crippen LogP contribution is 2.19. The van der Waals surface area contributed by atoms with Crippen molar-refractivity contribution in [2.75, 3.05) is 7.05 Å². The standard InChI is InChI=1S/C14H19FN2O3S/c1-16-21(19,20)11-7-8-13(15)12(9-11)14(18)17-10-5-3-2-4-6-10/h7-10,16H,2-6H2,1H3,(H,17,18). The highest BCUT2D eigenvalue weighted by molar-refractivity contribution is 7.89. The van der Waals surface area contributed by atoms with Gasteiger partial charge < -0.3 is 5.32 Å². The molecule has 1 aromatic carbocycles. The van der Waals surface area contributed by atoms with Crippen molar-refractivity contribution in [3.8, 4) is 0 Å². The summed E-state index contributed by atoms with van der Waals surface area (Å²) in [5.41, 5.74) is -0.239. The molecule has 0 heterocycles. The van der Waals surface area contributed by atoms with Crippen molar-refractivity contribution in [3.63, 3.8) is 0 Å². The van der Waals surface area contributed by atoms with Crippen LogP contribution in [0.3, 0.4) is 0 Å². The largest absolute Gasteiger partial charge is 0.349 e. The maximum atomic E-state index is 13.8. The first kappa shape index (κ1) is 15.9. The van der Waals surface area contributed by atoms with E-state index in [1.807, 2.05) is 0 Å². The highest BCUT2D eigenvalue weighted by Gasteiger charge is 2.21. The summed E-state index contributed by atoms with van der Waals surface area (Å²) in [7, 11) is -2.44. The second-order valence-electron chi connectivity index (χ2n) is 5.16. The van der Waals surface area contributed by atoms with Crippen molar-refractivity contribution in [2.45, 2.75) is 43.0 Å². The number of carbonyl (C=O) groups is 1. The number of sulfonamides is 1. The minimum absolute atomic E-state index is 0.0372. The Morgan fingerprint density at radius 2 is 1.90 bits per heavy atom. The first-order chi connectivity index (χ1) is 9.94. The van der Waals surface area contributed by atoms with Gasteiger partial charge >= 0.3 is 0 Å². The lowest BCUT2D eigenvalue weighted by molar-refractivity contribution is 0.0923. The number of amides is 1. The molecule has 0 bridgehead atoms. The average Bonchev–Trinajstić information content (AvgIpc) is 2.48. The molecule has 0 aliphatic heterocycles. The monoisotopic (exact) mass is 314 g/mol. The van der Waals surface area contributed by atoms with Gasteiger partial charge in [-0.3, -0.25) is 4.79 Å². The molecule has 1 aliphatic carbocycles. The second-order valence-corrected chi connectivity index (χ2v) is 7.04. The van der Waals surface area contributed by atoms with Crippen LogP contribution in [0.5, 0.6) is 0 Å². The van der Waals surface area contributed by atoms with Gasteiger partial charge in [-0.05, 0) is 38.1 Å². The summed E-state index contributed by atoms with van der Waals surface area (Å²) in [5.74, 6) is -1.29. The fourth-order valence-electron chi connectivity index (χ4n) is 2.47. The van der Waals surface area contributed by atoms with E-state index in [-0.39, 0.29) is 16.5 Å². The van der Waals surface area contributed by atoms with Crippen LogP contribution in [-0.2, 0) is 10.0 Å². The summed E-state index contributed by atoms with van der Waals surface area (Å²) in [6, 6.07) is 3.24. The number of carbonyl (C=O) groups excluding carboxylic acids is 1. The third-order valence-corrected chi connectivity index (χ3v) is 5.11. The van der Waals surface area contributed by atoms with Gasteiger partial charge in [0.1, 0.15) is 5.82 Å². The van der Waals surface area contributed by atoms with Gasteiger partial charge in [-0.15, -0.1) is 0 Å². The lowest BCUT2D eigenvalue weighted by Crippen LogP contribution is -2.36. The maximum Gasteiger partial charge on any atom is 0.254 e. The molecule has 0 spiro atoms. The third-order valence-electron chi connectivity index (χ3n) is 3.70. The van der Waals surface area contributed by atoms with Crippen LogP contribution >= 0.6 is 0 Å². The molecule has 1 aromatic rings. The number of halogens is 1. The molecule has 2 N–H and O–H groups in total. The number of hydrogen-bond acceptors (Lipinski definition) is 3. The van der Waals surface area contributed by atoms with Crippen LogP contribution in [-0.4, -0.2) is 27.4 Å². The molecule has 1 amide bonds. The van der Waals surface area contributed by atoms with Crippen molar-refractivity contribution in [1.82, 2.24) is 10.0 Å². The van der Waals surface area contributed by atoms with Crippen molar-refractivity contribution in [1.29, 1.82) is 0 Å². The van der Waals surface area contributed by atoms with Crippen LogP contribution < -0.4 is 10.0 Å². The lowest BCUT2D eigenvalue weighted by Gasteiger charge is -2.22. The average molecular weight is 314 g/mol. The van der Waals surface area contributed by atoms with Crippen molar-refractivity contribution >= 4 is 15.9 Å². The van der Waals surface area contributed by atoms with E-state index in [2.05, 4.69) is 10.0 Å². The van der Waals surface area contributed by atoms with Crippen LogP contribution in [0.25, 0.3) is 0 Å². The van der Waals surface area contributed by atoms with Gasteiger partial charge in [0.2, 0.25) is 10.0 Å². The van der Waals surface area contributed by atoms with Crippen molar-refractivity contribution in [2.24, 2.45) is 0 Å². The summed E-state index contributed by atoms with van der Waals surface area (Å²) in [5, 5.41) is 2.78. The predicted octanol–water partition coefficient (Wildman–Crippen LogP) is 1.80. The molecule has 1 aliphatic rings. The van der Waals surface area contributed by atoms with Gasteiger partial charge in [-0.2, -0.15) is 0 Å². The Hall–Kier alpha value is -1.47. The number of hydrogen-bond donors (Lipinski definition) is 2. The van der Waals surface area contributed by atoms with E-state index in [4.69, 9.17) is 0 Å². The molecule has 5 nitrogen and oxygen atoms in total. The van der Waals surface area contributed by atoms with Gasteiger partial charge in [0, 0.05) is 6.04 Å². The minimum atomic E-state index is -3.70. The Balaban J connectivity index is 2.21. The van der Waals surface area contributed by atoms with Gasteiger partial charge in [-0.25, -0.2) is 17.5 Å². The van der Waals surface area contributed by atoms with E-state index in [0.29, 0.717) is 0 Å². The van der Waals surface area contributed by atoms with E-state index < -0.39 is 21.7 Å². The molecule has 2 rings (SSSR count). The summed E-state index contributed by atoms with van der Waals surface area (Å²) in [4.78, 5) is 12.0. The Morgan fingerprint density at radius 3 is 2.52 bits per heavy atom. The molecule has 0 saturated heterocycles. The van der Waals surface area contributed by atoms with Crippen molar-refractivity contribution in [3.05, 3.63) is 29.6 Å². The van der Waals surface area contributed by atoms with Gasteiger partial charge in [0.15, 0.2) is 0 Å². The maximum absolute atomic E-state index is 13.8. The molecular weight excluding hydrogens is 295 g/mol. The normalized spacial score (nSPS) is 16.7. The first-order valence-electron chi connectivity index (χ1n) is 6.98. The molecule has 1 fully saturated rings. The second kappa shape index (κ2) is 6.53.